The number of benzene rings is 1. The quantitative estimate of drug-likeness (QED) is 0.841. The summed E-state index contributed by atoms with van der Waals surface area (Å²) in [5, 5.41) is 3.21. The van der Waals surface area contributed by atoms with E-state index in [0.29, 0.717) is 5.56 Å². The van der Waals surface area contributed by atoms with Gasteiger partial charge >= 0.3 is 0 Å². The van der Waals surface area contributed by atoms with E-state index in [9.17, 15) is 4.79 Å². The van der Waals surface area contributed by atoms with Crippen molar-refractivity contribution in [2.45, 2.75) is 13.8 Å². The molecule has 0 aliphatic carbocycles. The van der Waals surface area contributed by atoms with Crippen molar-refractivity contribution in [3.8, 4) is 0 Å². The fraction of sp³-hybridized carbons (Fsp3) is 0.143. The van der Waals surface area contributed by atoms with Gasteiger partial charge in [-0.05, 0) is 37.6 Å². The molecule has 1 N–H and O–H groups in total. The van der Waals surface area contributed by atoms with Gasteiger partial charge in [-0.3, -0.25) is 4.79 Å². The van der Waals surface area contributed by atoms with E-state index >= 15 is 0 Å². The first-order chi connectivity index (χ1) is 8.95. The Labute approximate surface area is 121 Å². The summed E-state index contributed by atoms with van der Waals surface area (Å²) < 4.78 is 0. The topological polar surface area (TPSA) is 42.0 Å². The van der Waals surface area contributed by atoms with E-state index in [1.807, 2.05) is 32.0 Å². The third kappa shape index (κ3) is 3.46. The largest absolute Gasteiger partial charge is 0.322 e. The first-order valence-electron chi connectivity index (χ1n) is 5.67. The molecule has 19 heavy (non-hydrogen) atoms. The number of rotatable bonds is 2. The maximum absolute atomic E-state index is 12.1. The van der Waals surface area contributed by atoms with Crippen molar-refractivity contribution in [1.82, 2.24) is 4.98 Å². The van der Waals surface area contributed by atoms with Gasteiger partial charge in [0.2, 0.25) is 0 Å². The van der Waals surface area contributed by atoms with Crippen molar-refractivity contribution in [1.29, 1.82) is 0 Å². The van der Waals surface area contributed by atoms with Gasteiger partial charge in [0, 0.05) is 11.3 Å². The summed E-state index contributed by atoms with van der Waals surface area (Å²) in [6.45, 7) is 3.94. The van der Waals surface area contributed by atoms with Crippen molar-refractivity contribution in [2.75, 3.05) is 5.32 Å². The van der Waals surface area contributed by atoms with Crippen LogP contribution >= 0.6 is 23.2 Å². The fourth-order valence-electron chi connectivity index (χ4n) is 1.74. The Morgan fingerprint density at radius 2 is 1.74 bits per heavy atom. The maximum Gasteiger partial charge on any atom is 0.255 e. The molecule has 1 heterocycles. The number of aromatic nitrogens is 1. The Balaban J connectivity index is 2.25. The van der Waals surface area contributed by atoms with Crippen molar-refractivity contribution >= 4 is 34.8 Å². The molecule has 0 aliphatic rings. The second kappa shape index (κ2) is 5.59. The van der Waals surface area contributed by atoms with Crippen LogP contribution in [-0.4, -0.2) is 10.9 Å². The van der Waals surface area contributed by atoms with E-state index in [4.69, 9.17) is 23.2 Å². The predicted molar refractivity (Wildman–Crippen MR) is 78.1 cm³/mol. The van der Waals surface area contributed by atoms with Crippen LogP contribution in [0.1, 0.15) is 21.5 Å². The van der Waals surface area contributed by atoms with Crippen LogP contribution in [0.3, 0.4) is 0 Å². The van der Waals surface area contributed by atoms with Gasteiger partial charge in [-0.25, -0.2) is 4.98 Å². The van der Waals surface area contributed by atoms with E-state index in [-0.39, 0.29) is 16.2 Å². The molecule has 0 unspecified atom stereocenters. The fourth-order valence-corrected chi connectivity index (χ4v) is 2.20. The predicted octanol–water partition coefficient (Wildman–Crippen LogP) is 4.26. The summed E-state index contributed by atoms with van der Waals surface area (Å²) in [5.74, 6) is -0.266. The number of aryl methyl sites for hydroxylation is 2. The molecule has 98 valence electrons. The zero-order valence-corrected chi connectivity index (χ0v) is 12.0. The number of carbonyl (C=O) groups is 1. The molecule has 2 rings (SSSR count). The summed E-state index contributed by atoms with van der Waals surface area (Å²) >= 11 is 11.5. The summed E-state index contributed by atoms with van der Waals surface area (Å²) in [7, 11) is 0. The SMILES string of the molecule is Cc1ccc(NC(=O)c2cc(Cl)nc(Cl)c2)c(C)c1. The molecule has 2 aromatic rings. The second-order valence-corrected chi connectivity index (χ2v) is 5.05. The van der Waals surface area contributed by atoms with Crippen LogP contribution in [0, 0.1) is 13.8 Å². The maximum atomic E-state index is 12.1. The Kier molecular flexibility index (Phi) is 4.08. The average molecular weight is 295 g/mol. The minimum Gasteiger partial charge on any atom is -0.322 e. The highest BCUT2D eigenvalue weighted by Gasteiger charge is 2.10. The van der Waals surface area contributed by atoms with Gasteiger partial charge in [0.1, 0.15) is 10.3 Å². The third-order valence-electron chi connectivity index (χ3n) is 2.66. The van der Waals surface area contributed by atoms with Gasteiger partial charge in [0.25, 0.3) is 5.91 Å². The van der Waals surface area contributed by atoms with E-state index in [1.54, 1.807) is 0 Å². The monoisotopic (exact) mass is 294 g/mol. The summed E-state index contributed by atoms with van der Waals surface area (Å²) in [6.07, 6.45) is 0. The van der Waals surface area contributed by atoms with E-state index in [1.165, 1.54) is 12.1 Å². The van der Waals surface area contributed by atoms with Gasteiger partial charge in [-0.15, -0.1) is 0 Å². The van der Waals surface area contributed by atoms with Crippen LogP contribution in [0.4, 0.5) is 5.69 Å². The van der Waals surface area contributed by atoms with Gasteiger partial charge in [-0.1, -0.05) is 40.9 Å². The number of anilines is 1. The highest BCUT2D eigenvalue weighted by molar-refractivity contribution is 6.33. The van der Waals surface area contributed by atoms with E-state index < -0.39 is 0 Å². The standard InChI is InChI=1S/C14H12Cl2N2O/c1-8-3-4-11(9(2)5-8)17-14(19)10-6-12(15)18-13(16)7-10/h3-7H,1-2H3,(H,17,19). The lowest BCUT2D eigenvalue weighted by Crippen LogP contribution is -2.13. The first kappa shape index (κ1) is 13.8. The van der Waals surface area contributed by atoms with Crippen LogP contribution in [-0.2, 0) is 0 Å². The Morgan fingerprint density at radius 3 is 2.32 bits per heavy atom. The lowest BCUT2D eigenvalue weighted by Gasteiger charge is -2.09. The molecular weight excluding hydrogens is 283 g/mol. The zero-order chi connectivity index (χ0) is 14.0. The highest BCUT2D eigenvalue weighted by atomic mass is 35.5. The molecular formula is C14H12Cl2N2O. The molecule has 1 amide bonds. The third-order valence-corrected chi connectivity index (χ3v) is 3.04. The number of hydrogen-bond acceptors (Lipinski definition) is 2. The average Bonchev–Trinajstić information content (AvgIpc) is 2.31. The molecule has 5 heteroatoms. The number of pyridine rings is 1. The van der Waals surface area contributed by atoms with Crippen molar-refractivity contribution in [3.05, 3.63) is 57.3 Å². The number of amides is 1. The smallest absolute Gasteiger partial charge is 0.255 e. The molecule has 0 spiro atoms. The zero-order valence-electron chi connectivity index (χ0n) is 10.5. The minimum atomic E-state index is -0.266. The molecule has 1 aromatic carbocycles. The molecule has 0 saturated carbocycles. The van der Waals surface area contributed by atoms with E-state index in [2.05, 4.69) is 10.3 Å². The summed E-state index contributed by atoms with van der Waals surface area (Å²) in [6, 6.07) is 8.77. The number of carbonyl (C=O) groups excluding carboxylic acids is 1. The van der Waals surface area contributed by atoms with Crippen LogP contribution in [0.25, 0.3) is 0 Å². The molecule has 0 saturated heterocycles. The first-order valence-corrected chi connectivity index (χ1v) is 6.43. The summed E-state index contributed by atoms with van der Waals surface area (Å²) in [4.78, 5) is 15.9. The Morgan fingerprint density at radius 1 is 1.11 bits per heavy atom. The normalized spacial score (nSPS) is 10.3. The molecule has 3 nitrogen and oxygen atoms in total. The molecule has 0 aliphatic heterocycles. The molecule has 0 bridgehead atoms. The number of hydrogen-bond donors (Lipinski definition) is 1. The van der Waals surface area contributed by atoms with E-state index in [0.717, 1.165) is 16.8 Å². The van der Waals surface area contributed by atoms with Crippen LogP contribution in [0.15, 0.2) is 30.3 Å². The van der Waals surface area contributed by atoms with Crippen LogP contribution in [0.2, 0.25) is 10.3 Å². The lowest BCUT2D eigenvalue weighted by atomic mass is 10.1. The highest BCUT2D eigenvalue weighted by Crippen LogP contribution is 2.19. The molecule has 0 atom stereocenters. The molecule has 0 fully saturated rings. The number of nitrogens with one attached hydrogen (secondary N) is 1. The van der Waals surface area contributed by atoms with Crippen LogP contribution in [0.5, 0.6) is 0 Å². The number of halogens is 2. The van der Waals surface area contributed by atoms with Gasteiger partial charge in [0.15, 0.2) is 0 Å². The van der Waals surface area contributed by atoms with Crippen molar-refractivity contribution in [2.24, 2.45) is 0 Å². The molecule has 1 aromatic heterocycles. The van der Waals surface area contributed by atoms with Gasteiger partial charge in [0.05, 0.1) is 0 Å². The van der Waals surface area contributed by atoms with Gasteiger partial charge in [-0.2, -0.15) is 0 Å². The molecule has 0 radical (unpaired) electrons. The van der Waals surface area contributed by atoms with Crippen molar-refractivity contribution < 1.29 is 4.79 Å². The minimum absolute atomic E-state index is 0.193. The Bertz CT molecular complexity index is 621. The summed E-state index contributed by atoms with van der Waals surface area (Å²) in [5.41, 5.74) is 3.29. The Hall–Kier alpha value is -1.58. The van der Waals surface area contributed by atoms with Gasteiger partial charge < -0.3 is 5.32 Å². The lowest BCUT2D eigenvalue weighted by molar-refractivity contribution is 0.102. The van der Waals surface area contributed by atoms with Crippen molar-refractivity contribution in [3.63, 3.8) is 0 Å². The number of nitrogens with zero attached hydrogens (tertiary/aromatic N) is 1. The van der Waals surface area contributed by atoms with Crippen LogP contribution < -0.4 is 5.32 Å². The second-order valence-electron chi connectivity index (χ2n) is 4.27.